The summed E-state index contributed by atoms with van der Waals surface area (Å²) in [6.45, 7) is 0. The number of fused-ring (bicyclic) bond motifs is 1. The number of imide groups is 1. The molecule has 0 unspecified atom stereocenters. The lowest BCUT2D eigenvalue weighted by molar-refractivity contribution is 0.0923. The SMILES string of the molecule is O=C1c2nccnc2C(=O)N1c1cc(Cl)ccc1Cl. The highest BCUT2D eigenvalue weighted by atomic mass is 35.5. The summed E-state index contributed by atoms with van der Waals surface area (Å²) in [5, 5.41) is 0.621. The lowest BCUT2D eigenvalue weighted by Gasteiger charge is -2.15. The summed E-state index contributed by atoms with van der Waals surface area (Å²) < 4.78 is 0. The summed E-state index contributed by atoms with van der Waals surface area (Å²) in [6.07, 6.45) is 2.71. The Balaban J connectivity index is 2.17. The maximum atomic E-state index is 12.2. The predicted octanol–water partition coefficient (Wildman–Crippen LogP) is 2.58. The second-order valence-corrected chi connectivity index (χ2v) is 4.64. The molecule has 0 saturated heterocycles. The number of rotatable bonds is 1. The van der Waals surface area contributed by atoms with E-state index in [0.29, 0.717) is 5.02 Å². The van der Waals surface area contributed by atoms with E-state index in [1.54, 1.807) is 6.07 Å². The normalized spacial score (nSPS) is 13.9. The molecule has 94 valence electrons. The number of anilines is 1. The zero-order chi connectivity index (χ0) is 13.6. The van der Waals surface area contributed by atoms with Crippen LogP contribution in [0.2, 0.25) is 10.0 Å². The molecule has 1 aliphatic heterocycles. The minimum absolute atomic E-state index is 0.0172. The monoisotopic (exact) mass is 293 g/mol. The zero-order valence-corrected chi connectivity index (χ0v) is 10.8. The molecule has 3 rings (SSSR count). The third kappa shape index (κ3) is 1.78. The second-order valence-electron chi connectivity index (χ2n) is 3.80. The van der Waals surface area contributed by atoms with Gasteiger partial charge < -0.3 is 0 Å². The van der Waals surface area contributed by atoms with E-state index >= 15 is 0 Å². The number of carbonyl (C=O) groups excluding carboxylic acids is 2. The van der Waals surface area contributed by atoms with Crippen LogP contribution in [0.15, 0.2) is 30.6 Å². The molecule has 2 amide bonds. The average molecular weight is 294 g/mol. The smallest absolute Gasteiger partial charge is 0.266 e. The Bertz CT molecular complexity index is 683. The quantitative estimate of drug-likeness (QED) is 0.758. The molecule has 5 nitrogen and oxygen atoms in total. The second kappa shape index (κ2) is 4.29. The Morgan fingerprint density at radius 3 is 2.11 bits per heavy atom. The molecule has 2 heterocycles. The summed E-state index contributed by atoms with van der Waals surface area (Å²) in [6, 6.07) is 4.54. The zero-order valence-electron chi connectivity index (χ0n) is 9.30. The van der Waals surface area contributed by atoms with Gasteiger partial charge in [0.05, 0.1) is 10.7 Å². The molecule has 1 aliphatic rings. The van der Waals surface area contributed by atoms with Crippen molar-refractivity contribution >= 4 is 40.7 Å². The minimum Gasteiger partial charge on any atom is -0.266 e. The highest BCUT2D eigenvalue weighted by Gasteiger charge is 2.40. The fourth-order valence-electron chi connectivity index (χ4n) is 1.83. The van der Waals surface area contributed by atoms with Gasteiger partial charge in [0, 0.05) is 17.4 Å². The lowest BCUT2D eigenvalue weighted by atomic mass is 10.3. The molecule has 0 fully saturated rings. The van der Waals surface area contributed by atoms with Crippen LogP contribution in [0.5, 0.6) is 0 Å². The Hall–Kier alpha value is -1.98. The van der Waals surface area contributed by atoms with E-state index in [0.717, 1.165) is 4.90 Å². The maximum absolute atomic E-state index is 12.2. The van der Waals surface area contributed by atoms with Gasteiger partial charge in [-0.15, -0.1) is 0 Å². The molecule has 1 aromatic carbocycles. The van der Waals surface area contributed by atoms with Gasteiger partial charge in [-0.2, -0.15) is 0 Å². The Labute approximate surface area is 117 Å². The number of halogens is 2. The summed E-state index contributed by atoms with van der Waals surface area (Å²) in [5.41, 5.74) is 0.260. The topological polar surface area (TPSA) is 63.2 Å². The molecule has 0 N–H and O–H groups in total. The maximum Gasteiger partial charge on any atom is 0.286 e. The van der Waals surface area contributed by atoms with Crippen LogP contribution in [0.1, 0.15) is 21.0 Å². The summed E-state index contributed by atoms with van der Waals surface area (Å²) in [5.74, 6) is -1.12. The van der Waals surface area contributed by atoms with E-state index in [4.69, 9.17) is 23.2 Å². The number of benzene rings is 1. The number of hydrogen-bond acceptors (Lipinski definition) is 4. The van der Waals surface area contributed by atoms with Crippen LogP contribution >= 0.6 is 23.2 Å². The van der Waals surface area contributed by atoms with Gasteiger partial charge in [0.2, 0.25) is 0 Å². The minimum atomic E-state index is -0.558. The first-order valence-corrected chi connectivity index (χ1v) is 6.00. The highest BCUT2D eigenvalue weighted by molar-refractivity contribution is 6.40. The van der Waals surface area contributed by atoms with E-state index < -0.39 is 11.8 Å². The Kier molecular flexibility index (Phi) is 2.73. The fraction of sp³-hybridized carbons (Fsp3) is 0. The summed E-state index contributed by atoms with van der Waals surface area (Å²) in [4.78, 5) is 33.0. The molecule has 19 heavy (non-hydrogen) atoms. The van der Waals surface area contributed by atoms with Gasteiger partial charge >= 0.3 is 0 Å². The summed E-state index contributed by atoms with van der Waals surface area (Å²) >= 11 is 11.9. The van der Waals surface area contributed by atoms with Crippen molar-refractivity contribution in [2.75, 3.05) is 4.90 Å². The number of hydrogen-bond donors (Lipinski definition) is 0. The molecule has 0 saturated carbocycles. The van der Waals surface area contributed by atoms with Gasteiger partial charge in [0.25, 0.3) is 11.8 Å². The molecule has 0 spiro atoms. The van der Waals surface area contributed by atoms with Crippen molar-refractivity contribution in [2.24, 2.45) is 0 Å². The fourth-order valence-corrected chi connectivity index (χ4v) is 2.20. The first-order chi connectivity index (χ1) is 9.09. The van der Waals surface area contributed by atoms with Crippen molar-refractivity contribution in [2.45, 2.75) is 0 Å². The van der Waals surface area contributed by atoms with Gasteiger partial charge in [-0.25, -0.2) is 14.9 Å². The van der Waals surface area contributed by atoms with Crippen LogP contribution in [-0.2, 0) is 0 Å². The molecule has 0 atom stereocenters. The van der Waals surface area contributed by atoms with Crippen molar-refractivity contribution < 1.29 is 9.59 Å². The molecule has 7 heteroatoms. The van der Waals surface area contributed by atoms with Gasteiger partial charge in [-0.3, -0.25) is 9.59 Å². The number of aromatic nitrogens is 2. The molecule has 0 bridgehead atoms. The van der Waals surface area contributed by atoms with Gasteiger partial charge in [0.1, 0.15) is 0 Å². The number of carbonyl (C=O) groups is 2. The van der Waals surface area contributed by atoms with Crippen LogP contribution in [0.4, 0.5) is 5.69 Å². The van der Waals surface area contributed by atoms with Gasteiger partial charge in [-0.05, 0) is 18.2 Å². The van der Waals surface area contributed by atoms with E-state index in [-0.39, 0.29) is 22.1 Å². The van der Waals surface area contributed by atoms with Crippen LogP contribution < -0.4 is 4.90 Å². The molecule has 2 aromatic rings. The van der Waals surface area contributed by atoms with Gasteiger partial charge in [0.15, 0.2) is 11.4 Å². The predicted molar refractivity (Wildman–Crippen MR) is 69.6 cm³/mol. The van der Waals surface area contributed by atoms with Crippen molar-refractivity contribution in [3.8, 4) is 0 Å². The largest absolute Gasteiger partial charge is 0.286 e. The van der Waals surface area contributed by atoms with E-state index in [1.165, 1.54) is 24.5 Å². The van der Waals surface area contributed by atoms with Gasteiger partial charge in [-0.1, -0.05) is 23.2 Å². The molecule has 0 radical (unpaired) electrons. The first-order valence-electron chi connectivity index (χ1n) is 5.24. The van der Waals surface area contributed by atoms with E-state index in [9.17, 15) is 9.59 Å². The Morgan fingerprint density at radius 1 is 0.947 bits per heavy atom. The van der Waals surface area contributed by atoms with Crippen LogP contribution in [-0.4, -0.2) is 21.8 Å². The molecule has 0 aliphatic carbocycles. The third-order valence-electron chi connectivity index (χ3n) is 2.66. The molecule has 1 aromatic heterocycles. The standard InChI is InChI=1S/C12H5Cl2N3O2/c13-6-1-2-7(14)8(5-6)17-11(18)9-10(12(17)19)16-4-3-15-9/h1-5H. The average Bonchev–Trinajstić information content (AvgIpc) is 2.66. The summed E-state index contributed by atoms with van der Waals surface area (Å²) in [7, 11) is 0. The van der Waals surface area contributed by atoms with Crippen molar-refractivity contribution in [3.05, 3.63) is 52.0 Å². The molecular formula is C12H5Cl2N3O2. The first kappa shape index (κ1) is 12.1. The van der Waals surface area contributed by atoms with E-state index in [2.05, 4.69) is 9.97 Å². The van der Waals surface area contributed by atoms with Crippen molar-refractivity contribution in [1.29, 1.82) is 0 Å². The number of amides is 2. The highest BCUT2D eigenvalue weighted by Crippen LogP contribution is 2.33. The lowest BCUT2D eigenvalue weighted by Crippen LogP contribution is -2.29. The van der Waals surface area contributed by atoms with Crippen LogP contribution in [0.3, 0.4) is 0 Å². The molecular weight excluding hydrogens is 289 g/mol. The Morgan fingerprint density at radius 2 is 1.53 bits per heavy atom. The van der Waals surface area contributed by atoms with E-state index in [1.807, 2.05) is 0 Å². The third-order valence-corrected chi connectivity index (χ3v) is 3.21. The van der Waals surface area contributed by atoms with Crippen LogP contribution in [0, 0.1) is 0 Å². The van der Waals surface area contributed by atoms with Crippen molar-refractivity contribution in [1.82, 2.24) is 9.97 Å². The van der Waals surface area contributed by atoms with Crippen LogP contribution in [0.25, 0.3) is 0 Å². The van der Waals surface area contributed by atoms with Crippen molar-refractivity contribution in [3.63, 3.8) is 0 Å². The number of nitrogens with zero attached hydrogens (tertiary/aromatic N) is 3.